The molecule has 25 heavy (non-hydrogen) atoms. The zero-order valence-corrected chi connectivity index (χ0v) is 16.7. The van der Waals surface area contributed by atoms with Crippen molar-refractivity contribution in [1.29, 1.82) is 0 Å². The van der Waals surface area contributed by atoms with Crippen LogP contribution in [0.15, 0.2) is 46.8 Å². The number of thiocarbonyl (C=S) groups is 1. The highest BCUT2D eigenvalue weighted by Crippen LogP contribution is 2.20. The minimum atomic E-state index is -0.111. The Morgan fingerprint density at radius 2 is 2.00 bits per heavy atom. The Labute approximate surface area is 162 Å². The second-order valence-corrected chi connectivity index (χ2v) is 8.04. The van der Waals surface area contributed by atoms with Crippen LogP contribution in [0.1, 0.15) is 32.0 Å². The summed E-state index contributed by atoms with van der Waals surface area (Å²) in [6, 6.07) is 9.53. The third-order valence-electron chi connectivity index (χ3n) is 2.79. The van der Waals surface area contributed by atoms with E-state index in [-0.39, 0.29) is 5.54 Å². The molecule has 5 nitrogen and oxygen atoms in total. The van der Waals surface area contributed by atoms with Gasteiger partial charge in [0, 0.05) is 22.5 Å². The van der Waals surface area contributed by atoms with Crippen LogP contribution in [-0.2, 0) is 5.75 Å². The van der Waals surface area contributed by atoms with Crippen molar-refractivity contribution in [1.82, 2.24) is 20.7 Å². The first kappa shape index (κ1) is 19.6. The molecule has 0 aliphatic heterocycles. The molecule has 0 saturated heterocycles. The Hall–Kier alpha value is -1.70. The zero-order chi connectivity index (χ0) is 18.3. The Morgan fingerprint density at radius 1 is 1.28 bits per heavy atom. The molecular formula is C17H20ClN5S2. The fourth-order valence-electron chi connectivity index (χ4n) is 1.75. The smallest absolute Gasteiger partial charge is 0.188 e. The topological polar surface area (TPSA) is 62.2 Å². The van der Waals surface area contributed by atoms with Gasteiger partial charge in [-0.15, -0.1) is 0 Å². The summed E-state index contributed by atoms with van der Waals surface area (Å²) in [4.78, 5) is 8.72. The first-order valence-corrected chi connectivity index (χ1v) is 9.40. The van der Waals surface area contributed by atoms with E-state index >= 15 is 0 Å². The maximum Gasteiger partial charge on any atom is 0.188 e. The van der Waals surface area contributed by atoms with E-state index in [1.54, 1.807) is 30.2 Å². The molecule has 2 rings (SSSR count). The van der Waals surface area contributed by atoms with E-state index in [0.29, 0.717) is 16.0 Å². The van der Waals surface area contributed by atoms with Crippen LogP contribution in [0.5, 0.6) is 0 Å². The largest absolute Gasteiger partial charge is 0.357 e. The molecule has 0 spiro atoms. The molecule has 1 aromatic heterocycles. The Balaban J connectivity index is 1.88. The van der Waals surface area contributed by atoms with Crippen LogP contribution in [0.3, 0.4) is 0 Å². The van der Waals surface area contributed by atoms with Crippen molar-refractivity contribution >= 4 is 46.9 Å². The van der Waals surface area contributed by atoms with Gasteiger partial charge in [-0.25, -0.2) is 9.97 Å². The molecule has 0 fully saturated rings. The van der Waals surface area contributed by atoms with Crippen molar-refractivity contribution in [3.8, 4) is 0 Å². The predicted octanol–water partition coefficient (Wildman–Crippen LogP) is 4.02. The van der Waals surface area contributed by atoms with E-state index < -0.39 is 0 Å². The van der Waals surface area contributed by atoms with Crippen LogP contribution in [0.2, 0.25) is 5.02 Å². The minimum Gasteiger partial charge on any atom is -0.357 e. The van der Waals surface area contributed by atoms with E-state index in [0.717, 1.165) is 16.3 Å². The van der Waals surface area contributed by atoms with Crippen LogP contribution < -0.4 is 10.7 Å². The minimum absolute atomic E-state index is 0.111. The molecule has 0 aliphatic carbocycles. The van der Waals surface area contributed by atoms with Crippen molar-refractivity contribution in [2.75, 3.05) is 0 Å². The molecule has 1 heterocycles. The number of nitrogens with zero attached hydrogens (tertiary/aromatic N) is 3. The predicted molar refractivity (Wildman–Crippen MR) is 109 cm³/mol. The highest BCUT2D eigenvalue weighted by Gasteiger charge is 2.10. The number of nitrogens with one attached hydrogen (secondary N) is 2. The number of aromatic nitrogens is 2. The Morgan fingerprint density at radius 3 is 2.68 bits per heavy atom. The molecule has 0 aliphatic rings. The highest BCUT2D eigenvalue weighted by molar-refractivity contribution is 7.98. The van der Waals surface area contributed by atoms with Crippen molar-refractivity contribution in [3.05, 3.63) is 52.8 Å². The van der Waals surface area contributed by atoms with Gasteiger partial charge in [-0.2, -0.15) is 5.10 Å². The highest BCUT2D eigenvalue weighted by atomic mass is 35.5. The maximum absolute atomic E-state index is 5.89. The standard InChI is InChI=1S/C17H20ClN5S2/c1-17(2,3)22-15(24)23-20-10-14-8-9-19-16(21-14)25-11-12-4-6-13(18)7-5-12/h4-10H,11H2,1-3H3,(H2,22,23,24). The van der Waals surface area contributed by atoms with Gasteiger partial charge in [-0.1, -0.05) is 35.5 Å². The molecule has 0 atom stereocenters. The van der Waals surface area contributed by atoms with Gasteiger partial charge in [0.05, 0.1) is 11.9 Å². The van der Waals surface area contributed by atoms with Crippen molar-refractivity contribution < 1.29 is 0 Å². The lowest BCUT2D eigenvalue weighted by Crippen LogP contribution is -2.44. The van der Waals surface area contributed by atoms with Crippen LogP contribution in [0, 0.1) is 0 Å². The second-order valence-electron chi connectivity index (χ2n) is 6.25. The van der Waals surface area contributed by atoms with Gasteiger partial charge in [0.25, 0.3) is 0 Å². The molecule has 0 radical (unpaired) electrons. The zero-order valence-electron chi connectivity index (χ0n) is 14.3. The van der Waals surface area contributed by atoms with Crippen LogP contribution in [-0.4, -0.2) is 26.8 Å². The molecule has 2 N–H and O–H groups in total. The van der Waals surface area contributed by atoms with Gasteiger partial charge in [0.15, 0.2) is 10.3 Å². The third-order valence-corrected chi connectivity index (χ3v) is 4.17. The van der Waals surface area contributed by atoms with Crippen molar-refractivity contribution in [2.24, 2.45) is 5.10 Å². The first-order chi connectivity index (χ1) is 11.8. The van der Waals surface area contributed by atoms with Crippen LogP contribution in [0.4, 0.5) is 0 Å². The molecule has 132 valence electrons. The van der Waals surface area contributed by atoms with E-state index in [2.05, 4.69) is 25.8 Å². The number of halogens is 1. The monoisotopic (exact) mass is 393 g/mol. The number of hydrogen-bond donors (Lipinski definition) is 2. The average Bonchev–Trinajstić information content (AvgIpc) is 2.53. The second kappa shape index (κ2) is 9.12. The molecule has 1 aromatic carbocycles. The summed E-state index contributed by atoms with van der Waals surface area (Å²) >= 11 is 12.6. The number of hydrogen-bond acceptors (Lipinski definition) is 5. The van der Waals surface area contributed by atoms with Gasteiger partial charge in [-0.05, 0) is 56.8 Å². The molecule has 0 saturated carbocycles. The van der Waals surface area contributed by atoms with Crippen molar-refractivity contribution in [3.63, 3.8) is 0 Å². The fraction of sp³-hybridized carbons (Fsp3) is 0.294. The summed E-state index contributed by atoms with van der Waals surface area (Å²) in [6.45, 7) is 6.08. The van der Waals surface area contributed by atoms with Crippen LogP contribution >= 0.6 is 35.6 Å². The van der Waals surface area contributed by atoms with Gasteiger partial charge in [0.2, 0.25) is 0 Å². The number of rotatable bonds is 5. The van der Waals surface area contributed by atoms with E-state index in [9.17, 15) is 0 Å². The summed E-state index contributed by atoms with van der Waals surface area (Å²) in [5, 5.41) is 9.11. The average molecular weight is 394 g/mol. The molecule has 0 amide bonds. The summed E-state index contributed by atoms with van der Waals surface area (Å²) < 4.78 is 0. The summed E-state index contributed by atoms with van der Waals surface area (Å²) in [7, 11) is 0. The normalized spacial score (nSPS) is 11.5. The first-order valence-electron chi connectivity index (χ1n) is 7.63. The number of benzene rings is 1. The molecule has 0 bridgehead atoms. The molecule has 2 aromatic rings. The lowest BCUT2D eigenvalue weighted by Gasteiger charge is -2.21. The van der Waals surface area contributed by atoms with Gasteiger partial charge < -0.3 is 5.32 Å². The Kier molecular flexibility index (Phi) is 7.16. The van der Waals surface area contributed by atoms with Gasteiger partial charge in [0.1, 0.15) is 0 Å². The summed E-state index contributed by atoms with van der Waals surface area (Å²) in [5.41, 5.74) is 4.54. The lowest BCUT2D eigenvalue weighted by molar-refractivity contribution is 0.508. The molecular weight excluding hydrogens is 374 g/mol. The number of thioether (sulfide) groups is 1. The molecule has 0 unspecified atom stereocenters. The van der Waals surface area contributed by atoms with E-state index in [1.807, 2.05) is 45.0 Å². The van der Waals surface area contributed by atoms with Crippen molar-refractivity contribution in [2.45, 2.75) is 37.2 Å². The SMILES string of the molecule is CC(C)(C)NC(=S)NN=Cc1ccnc(SCc2ccc(Cl)cc2)n1. The lowest BCUT2D eigenvalue weighted by atomic mass is 10.1. The van der Waals surface area contributed by atoms with Gasteiger partial charge in [-0.3, -0.25) is 5.43 Å². The van der Waals surface area contributed by atoms with E-state index in [1.165, 1.54) is 0 Å². The molecule has 8 heteroatoms. The quantitative estimate of drug-likeness (QED) is 0.263. The fourth-order valence-corrected chi connectivity index (χ4v) is 3.03. The van der Waals surface area contributed by atoms with Gasteiger partial charge >= 0.3 is 0 Å². The van der Waals surface area contributed by atoms with E-state index in [4.69, 9.17) is 23.8 Å². The maximum atomic E-state index is 5.89. The Bertz CT molecular complexity index is 741. The third kappa shape index (κ3) is 7.81. The summed E-state index contributed by atoms with van der Waals surface area (Å²) in [6.07, 6.45) is 3.33. The van der Waals surface area contributed by atoms with Crippen LogP contribution in [0.25, 0.3) is 0 Å². The number of hydrazone groups is 1. The summed E-state index contributed by atoms with van der Waals surface area (Å²) in [5.74, 6) is 0.773.